The first-order chi connectivity index (χ1) is 11.4. The number of nitrogens with one attached hydrogen (secondary N) is 1. The van der Waals surface area contributed by atoms with Gasteiger partial charge < -0.3 is 5.32 Å². The van der Waals surface area contributed by atoms with Gasteiger partial charge in [0.15, 0.2) is 0 Å². The van der Waals surface area contributed by atoms with E-state index in [2.05, 4.69) is 50.4 Å². The van der Waals surface area contributed by atoms with Gasteiger partial charge in [-0.2, -0.15) is 4.37 Å². The Morgan fingerprint density at radius 2 is 1.96 bits per heavy atom. The topological polar surface area (TPSA) is 50.7 Å². The van der Waals surface area contributed by atoms with Crippen LogP contribution in [0.5, 0.6) is 0 Å². The van der Waals surface area contributed by atoms with Gasteiger partial charge in [-0.25, -0.2) is 9.97 Å². The predicted octanol–water partition coefficient (Wildman–Crippen LogP) is 4.27. The van der Waals surface area contributed by atoms with Crippen molar-refractivity contribution < 1.29 is 0 Å². The molecule has 2 aromatic heterocycles. The molecule has 4 rings (SSSR count). The predicted molar refractivity (Wildman–Crippen MR) is 95.2 cm³/mol. The number of aromatic nitrogens is 3. The zero-order valence-electron chi connectivity index (χ0n) is 12.7. The molecule has 118 valence electrons. The summed E-state index contributed by atoms with van der Waals surface area (Å²) < 4.78 is 4.41. The standard InChI is InChI=1S/C17H18N4S2/c1-2-4-12(5-3-1)6-9-15-19-14(11-22-15)10-18-17-20-16(21-23-17)13-7-8-13/h1-5,11,13H,6-10H2,(H,18,20,21). The lowest BCUT2D eigenvalue weighted by molar-refractivity contribution is 0.922. The van der Waals surface area contributed by atoms with Crippen LogP contribution in [0.2, 0.25) is 0 Å². The van der Waals surface area contributed by atoms with E-state index in [-0.39, 0.29) is 0 Å². The van der Waals surface area contributed by atoms with Gasteiger partial charge in [-0.1, -0.05) is 30.3 Å². The Bertz CT molecular complexity index is 762. The molecule has 23 heavy (non-hydrogen) atoms. The highest BCUT2D eigenvalue weighted by Crippen LogP contribution is 2.39. The monoisotopic (exact) mass is 342 g/mol. The van der Waals surface area contributed by atoms with Gasteiger partial charge >= 0.3 is 0 Å². The van der Waals surface area contributed by atoms with Crippen LogP contribution in [-0.2, 0) is 19.4 Å². The van der Waals surface area contributed by atoms with E-state index in [1.54, 1.807) is 11.3 Å². The molecule has 0 unspecified atom stereocenters. The number of hydrogen-bond donors (Lipinski definition) is 1. The number of rotatable bonds is 7. The van der Waals surface area contributed by atoms with Crippen molar-refractivity contribution in [3.05, 3.63) is 57.8 Å². The van der Waals surface area contributed by atoms with Crippen LogP contribution < -0.4 is 5.32 Å². The van der Waals surface area contributed by atoms with Gasteiger partial charge in [-0.05, 0) is 24.8 Å². The van der Waals surface area contributed by atoms with Crippen LogP contribution in [0.15, 0.2) is 35.7 Å². The lowest BCUT2D eigenvalue weighted by atomic mass is 10.1. The van der Waals surface area contributed by atoms with E-state index >= 15 is 0 Å². The Hall–Kier alpha value is -1.79. The fourth-order valence-corrected chi connectivity index (χ4v) is 3.86. The number of hydrogen-bond acceptors (Lipinski definition) is 6. The molecule has 0 spiro atoms. The minimum absolute atomic E-state index is 0.616. The average Bonchev–Trinajstić information content (AvgIpc) is 3.16. The van der Waals surface area contributed by atoms with Crippen molar-refractivity contribution in [1.82, 2.24) is 14.3 Å². The van der Waals surface area contributed by atoms with E-state index in [4.69, 9.17) is 4.98 Å². The maximum Gasteiger partial charge on any atom is 0.202 e. The summed E-state index contributed by atoms with van der Waals surface area (Å²) in [5.41, 5.74) is 2.45. The first-order valence-electron chi connectivity index (χ1n) is 7.91. The Balaban J connectivity index is 1.29. The SMILES string of the molecule is c1ccc(CCc2nc(CNc3nc(C4CC4)ns3)cs2)cc1. The summed E-state index contributed by atoms with van der Waals surface area (Å²) >= 11 is 3.20. The fraction of sp³-hybridized carbons (Fsp3) is 0.353. The van der Waals surface area contributed by atoms with E-state index in [9.17, 15) is 0 Å². The van der Waals surface area contributed by atoms with E-state index in [0.717, 1.165) is 36.0 Å². The number of nitrogens with zero attached hydrogens (tertiary/aromatic N) is 3. The van der Waals surface area contributed by atoms with Crippen molar-refractivity contribution in [3.63, 3.8) is 0 Å². The molecule has 0 radical (unpaired) electrons. The van der Waals surface area contributed by atoms with Crippen LogP contribution in [0.3, 0.4) is 0 Å². The third-order valence-corrected chi connectivity index (χ3v) is 5.52. The van der Waals surface area contributed by atoms with Crippen molar-refractivity contribution >= 4 is 28.0 Å². The molecule has 6 heteroatoms. The third-order valence-electron chi connectivity index (χ3n) is 3.87. The van der Waals surface area contributed by atoms with Crippen LogP contribution >= 0.6 is 22.9 Å². The minimum atomic E-state index is 0.616. The molecule has 1 saturated carbocycles. The van der Waals surface area contributed by atoms with Gasteiger partial charge in [0.05, 0.1) is 17.2 Å². The molecule has 1 fully saturated rings. The summed E-state index contributed by atoms with van der Waals surface area (Å²) in [7, 11) is 0. The third kappa shape index (κ3) is 3.95. The molecule has 0 atom stereocenters. The molecule has 1 aliphatic rings. The average molecular weight is 342 g/mol. The molecule has 0 aliphatic heterocycles. The van der Waals surface area contributed by atoms with Gasteiger partial charge in [0.2, 0.25) is 5.13 Å². The number of aryl methyl sites for hydroxylation is 2. The van der Waals surface area contributed by atoms with Crippen molar-refractivity contribution in [3.8, 4) is 0 Å². The summed E-state index contributed by atoms with van der Waals surface area (Å²) in [5.74, 6) is 1.63. The molecule has 0 saturated heterocycles. The Morgan fingerprint density at radius 3 is 2.78 bits per heavy atom. The quantitative estimate of drug-likeness (QED) is 0.697. The smallest absolute Gasteiger partial charge is 0.202 e. The molecular weight excluding hydrogens is 324 g/mol. The van der Waals surface area contributed by atoms with Crippen LogP contribution in [0.25, 0.3) is 0 Å². The maximum atomic E-state index is 4.71. The highest BCUT2D eigenvalue weighted by Gasteiger charge is 2.27. The molecule has 4 nitrogen and oxygen atoms in total. The number of thiazole rings is 1. The van der Waals surface area contributed by atoms with Gasteiger partial charge in [0.25, 0.3) is 0 Å². The molecule has 2 heterocycles. The lowest BCUT2D eigenvalue weighted by Gasteiger charge is -1.99. The van der Waals surface area contributed by atoms with E-state index < -0.39 is 0 Å². The van der Waals surface area contributed by atoms with E-state index in [1.165, 1.54) is 34.9 Å². The second kappa shape index (κ2) is 6.76. The van der Waals surface area contributed by atoms with Crippen molar-refractivity contribution in [2.75, 3.05) is 5.32 Å². The fourth-order valence-electron chi connectivity index (χ4n) is 2.42. The maximum absolute atomic E-state index is 4.71. The second-order valence-electron chi connectivity index (χ2n) is 5.80. The zero-order valence-corrected chi connectivity index (χ0v) is 14.4. The van der Waals surface area contributed by atoms with Crippen LogP contribution in [-0.4, -0.2) is 14.3 Å². The summed E-state index contributed by atoms with van der Waals surface area (Å²) in [4.78, 5) is 9.25. The van der Waals surface area contributed by atoms with Crippen LogP contribution in [0.4, 0.5) is 5.13 Å². The Morgan fingerprint density at radius 1 is 1.09 bits per heavy atom. The minimum Gasteiger partial charge on any atom is -0.355 e. The van der Waals surface area contributed by atoms with Gasteiger partial charge in [0.1, 0.15) is 5.82 Å². The summed E-state index contributed by atoms with van der Waals surface area (Å²) in [6.07, 6.45) is 4.53. The van der Waals surface area contributed by atoms with Crippen LogP contribution in [0.1, 0.15) is 40.8 Å². The van der Waals surface area contributed by atoms with Gasteiger partial charge in [0, 0.05) is 29.3 Å². The normalized spacial score (nSPS) is 14.1. The first kappa shape index (κ1) is 14.8. The molecule has 3 aromatic rings. The highest BCUT2D eigenvalue weighted by atomic mass is 32.1. The first-order valence-corrected chi connectivity index (χ1v) is 9.57. The Labute approximate surface area is 143 Å². The van der Waals surface area contributed by atoms with Gasteiger partial charge in [-0.3, -0.25) is 0 Å². The molecule has 1 aromatic carbocycles. The molecular formula is C17H18N4S2. The highest BCUT2D eigenvalue weighted by molar-refractivity contribution is 7.10. The lowest BCUT2D eigenvalue weighted by Crippen LogP contribution is -2.00. The zero-order chi connectivity index (χ0) is 15.5. The van der Waals surface area contributed by atoms with Crippen molar-refractivity contribution in [2.24, 2.45) is 0 Å². The van der Waals surface area contributed by atoms with E-state index in [0.29, 0.717) is 5.92 Å². The van der Waals surface area contributed by atoms with Gasteiger partial charge in [-0.15, -0.1) is 11.3 Å². The Kier molecular flexibility index (Phi) is 4.35. The number of benzene rings is 1. The molecule has 0 bridgehead atoms. The largest absolute Gasteiger partial charge is 0.355 e. The summed E-state index contributed by atoms with van der Waals surface area (Å²) in [6.45, 7) is 0.723. The summed E-state index contributed by atoms with van der Waals surface area (Å²) in [5, 5.41) is 7.58. The van der Waals surface area contributed by atoms with Crippen molar-refractivity contribution in [1.29, 1.82) is 0 Å². The summed E-state index contributed by atoms with van der Waals surface area (Å²) in [6, 6.07) is 10.6. The molecule has 1 aliphatic carbocycles. The number of anilines is 1. The molecule has 0 amide bonds. The van der Waals surface area contributed by atoms with E-state index in [1.807, 2.05) is 0 Å². The van der Waals surface area contributed by atoms with Crippen molar-refractivity contribution in [2.45, 2.75) is 38.1 Å². The molecule has 1 N–H and O–H groups in total. The second-order valence-corrected chi connectivity index (χ2v) is 7.50. The van der Waals surface area contributed by atoms with Crippen LogP contribution in [0, 0.1) is 0 Å².